The van der Waals surface area contributed by atoms with Gasteiger partial charge in [0.1, 0.15) is 0 Å². The van der Waals surface area contributed by atoms with E-state index < -0.39 is 17.6 Å². The van der Waals surface area contributed by atoms with E-state index >= 15 is 0 Å². The third-order valence-electron chi connectivity index (χ3n) is 5.86. The summed E-state index contributed by atoms with van der Waals surface area (Å²) in [5.74, 6) is -0.550. The summed E-state index contributed by atoms with van der Waals surface area (Å²) in [4.78, 5) is 12.2. The van der Waals surface area contributed by atoms with Crippen LogP contribution in [0.4, 0.5) is 13.2 Å². The van der Waals surface area contributed by atoms with Crippen LogP contribution < -0.4 is 5.73 Å². The molecule has 3 nitrogen and oxygen atoms in total. The minimum atomic E-state index is -4.42. The second kappa shape index (κ2) is 7.81. The van der Waals surface area contributed by atoms with Gasteiger partial charge in [-0.25, -0.2) is 0 Å². The van der Waals surface area contributed by atoms with Crippen molar-refractivity contribution in [3.8, 4) is 11.1 Å². The van der Waals surface area contributed by atoms with E-state index in [-0.39, 0.29) is 6.54 Å². The Bertz CT molecular complexity index is 1500. The number of alkyl halides is 3. The molecule has 0 aliphatic carbocycles. The Kier molecular flexibility index (Phi) is 4.93. The average Bonchev–Trinajstić information content (AvgIpc) is 3.12. The highest BCUT2D eigenvalue weighted by atomic mass is 19.4. The maximum Gasteiger partial charge on any atom is 0.416 e. The van der Waals surface area contributed by atoms with Gasteiger partial charge < -0.3 is 10.3 Å². The van der Waals surface area contributed by atoms with Gasteiger partial charge in [0.15, 0.2) is 0 Å². The van der Waals surface area contributed by atoms with Gasteiger partial charge in [0, 0.05) is 22.9 Å². The Labute approximate surface area is 187 Å². The molecule has 4 aromatic carbocycles. The molecule has 0 bridgehead atoms. The highest BCUT2D eigenvalue weighted by Gasteiger charge is 2.30. The second-order valence-corrected chi connectivity index (χ2v) is 7.95. The smallest absolute Gasteiger partial charge is 0.366 e. The summed E-state index contributed by atoms with van der Waals surface area (Å²) < 4.78 is 41.8. The Morgan fingerprint density at radius 3 is 2.27 bits per heavy atom. The number of carbonyl (C=O) groups excluding carboxylic acids is 1. The van der Waals surface area contributed by atoms with E-state index in [9.17, 15) is 18.0 Å². The standard InChI is InChI=1S/C27H19F3N2O/c28-27(29,30)20-9-4-6-17(14-20)16-32-23-11-5-10-22(26(31)33)25(23)21-13-12-19(15-24(21)32)18-7-2-1-3-8-18/h1-15H,16H2,(H2,31,33). The van der Waals surface area contributed by atoms with Crippen molar-refractivity contribution in [2.75, 3.05) is 0 Å². The van der Waals surface area contributed by atoms with Crippen LogP contribution in [0.5, 0.6) is 0 Å². The molecule has 0 unspecified atom stereocenters. The number of aromatic nitrogens is 1. The van der Waals surface area contributed by atoms with Gasteiger partial charge in [-0.2, -0.15) is 13.2 Å². The monoisotopic (exact) mass is 444 g/mol. The maximum atomic E-state index is 13.3. The van der Waals surface area contributed by atoms with Crippen LogP contribution in [-0.4, -0.2) is 10.5 Å². The fourth-order valence-electron chi connectivity index (χ4n) is 4.36. The number of nitrogens with zero attached hydrogens (tertiary/aromatic N) is 1. The largest absolute Gasteiger partial charge is 0.416 e. The van der Waals surface area contributed by atoms with Crippen LogP contribution in [-0.2, 0) is 12.7 Å². The third-order valence-corrected chi connectivity index (χ3v) is 5.86. The number of rotatable bonds is 4. The molecule has 0 atom stereocenters. The third kappa shape index (κ3) is 3.74. The van der Waals surface area contributed by atoms with Crippen LogP contribution in [0.25, 0.3) is 32.9 Å². The van der Waals surface area contributed by atoms with Gasteiger partial charge in [-0.1, -0.05) is 60.7 Å². The molecule has 0 radical (unpaired) electrons. The molecule has 33 heavy (non-hydrogen) atoms. The number of carbonyl (C=O) groups is 1. The number of hydrogen-bond donors (Lipinski definition) is 1. The molecule has 0 aliphatic heterocycles. The van der Waals surface area contributed by atoms with Crippen molar-refractivity contribution in [3.63, 3.8) is 0 Å². The molecule has 0 fully saturated rings. The number of halogens is 3. The Hall–Kier alpha value is -4.06. The number of nitrogens with two attached hydrogens (primary N) is 1. The highest BCUT2D eigenvalue weighted by molar-refractivity contribution is 6.18. The predicted molar refractivity (Wildman–Crippen MR) is 124 cm³/mol. The Morgan fingerprint density at radius 1 is 0.788 bits per heavy atom. The first-order valence-electron chi connectivity index (χ1n) is 10.4. The molecule has 2 N–H and O–H groups in total. The zero-order valence-electron chi connectivity index (χ0n) is 17.4. The van der Waals surface area contributed by atoms with Crippen LogP contribution in [0.3, 0.4) is 0 Å². The molecular formula is C27H19F3N2O. The van der Waals surface area contributed by atoms with E-state index in [1.54, 1.807) is 18.2 Å². The van der Waals surface area contributed by atoms with Crippen LogP contribution >= 0.6 is 0 Å². The molecule has 164 valence electrons. The van der Waals surface area contributed by atoms with Crippen LogP contribution in [0.15, 0.2) is 91.0 Å². The van der Waals surface area contributed by atoms with Gasteiger partial charge in [-0.15, -0.1) is 0 Å². The van der Waals surface area contributed by atoms with Gasteiger partial charge in [0.05, 0.1) is 16.6 Å². The summed E-state index contributed by atoms with van der Waals surface area (Å²) in [6.45, 7) is 0.213. The van der Waals surface area contributed by atoms with E-state index in [2.05, 4.69) is 0 Å². The summed E-state index contributed by atoms with van der Waals surface area (Å²) >= 11 is 0. The fraction of sp³-hybridized carbons (Fsp3) is 0.0741. The minimum Gasteiger partial charge on any atom is -0.366 e. The summed E-state index contributed by atoms with van der Waals surface area (Å²) in [5.41, 5.74) is 9.40. The minimum absolute atomic E-state index is 0.213. The molecule has 0 aliphatic rings. The number of benzene rings is 4. The van der Waals surface area contributed by atoms with Crippen molar-refractivity contribution in [3.05, 3.63) is 108 Å². The lowest BCUT2D eigenvalue weighted by molar-refractivity contribution is -0.137. The highest BCUT2D eigenvalue weighted by Crippen LogP contribution is 2.36. The van der Waals surface area contributed by atoms with Gasteiger partial charge in [-0.05, 0) is 47.0 Å². The van der Waals surface area contributed by atoms with Crippen molar-refractivity contribution in [1.29, 1.82) is 0 Å². The lowest BCUT2D eigenvalue weighted by Crippen LogP contribution is -2.11. The van der Waals surface area contributed by atoms with E-state index in [4.69, 9.17) is 5.73 Å². The Balaban J connectivity index is 1.77. The second-order valence-electron chi connectivity index (χ2n) is 7.95. The first-order valence-corrected chi connectivity index (χ1v) is 10.4. The van der Waals surface area contributed by atoms with E-state index in [1.807, 2.05) is 59.2 Å². The summed E-state index contributed by atoms with van der Waals surface area (Å²) in [6.07, 6.45) is -4.42. The number of fused-ring (bicyclic) bond motifs is 3. The molecule has 1 aromatic heterocycles. The quantitative estimate of drug-likeness (QED) is 0.332. The van der Waals surface area contributed by atoms with Crippen molar-refractivity contribution < 1.29 is 18.0 Å². The van der Waals surface area contributed by atoms with Gasteiger partial charge in [0.2, 0.25) is 5.91 Å². The van der Waals surface area contributed by atoms with Gasteiger partial charge >= 0.3 is 6.18 Å². The normalized spacial score (nSPS) is 11.8. The molecule has 0 saturated heterocycles. The summed E-state index contributed by atoms with van der Waals surface area (Å²) in [7, 11) is 0. The molecule has 0 saturated carbocycles. The molecule has 1 amide bonds. The van der Waals surface area contributed by atoms with Crippen LogP contribution in [0.1, 0.15) is 21.5 Å². The lowest BCUT2D eigenvalue weighted by Gasteiger charge is -2.12. The average molecular weight is 444 g/mol. The SMILES string of the molecule is NC(=O)c1cccc2c1c1ccc(-c3ccccc3)cc1n2Cc1cccc(C(F)(F)F)c1. The predicted octanol–water partition coefficient (Wildman–Crippen LogP) is 6.63. The van der Waals surface area contributed by atoms with Crippen molar-refractivity contribution in [2.45, 2.75) is 12.7 Å². The zero-order chi connectivity index (χ0) is 23.2. The van der Waals surface area contributed by atoms with Gasteiger partial charge in [-0.3, -0.25) is 4.79 Å². The van der Waals surface area contributed by atoms with E-state index in [0.29, 0.717) is 16.5 Å². The lowest BCUT2D eigenvalue weighted by atomic mass is 10.0. The van der Waals surface area contributed by atoms with Gasteiger partial charge in [0.25, 0.3) is 0 Å². The summed E-state index contributed by atoms with van der Waals surface area (Å²) in [5, 5.41) is 1.53. The van der Waals surface area contributed by atoms with Crippen molar-refractivity contribution in [2.24, 2.45) is 5.73 Å². The van der Waals surface area contributed by atoms with Crippen LogP contribution in [0, 0.1) is 0 Å². The maximum absolute atomic E-state index is 13.3. The van der Waals surface area contributed by atoms with Crippen molar-refractivity contribution in [1.82, 2.24) is 4.57 Å². The first-order chi connectivity index (χ1) is 15.8. The molecule has 5 rings (SSSR count). The molecule has 0 spiro atoms. The van der Waals surface area contributed by atoms with Crippen LogP contribution in [0.2, 0.25) is 0 Å². The zero-order valence-corrected chi connectivity index (χ0v) is 17.4. The Morgan fingerprint density at radius 2 is 1.55 bits per heavy atom. The topological polar surface area (TPSA) is 48.0 Å². The summed E-state index contributed by atoms with van der Waals surface area (Å²) in [6, 6.07) is 26.3. The molecule has 6 heteroatoms. The van der Waals surface area contributed by atoms with E-state index in [1.165, 1.54) is 6.07 Å². The molecule has 1 heterocycles. The molecule has 5 aromatic rings. The number of primary amides is 1. The van der Waals surface area contributed by atoms with E-state index in [0.717, 1.165) is 39.7 Å². The fourth-order valence-corrected chi connectivity index (χ4v) is 4.36. The van der Waals surface area contributed by atoms with Crippen molar-refractivity contribution >= 4 is 27.7 Å². The molecular weight excluding hydrogens is 425 g/mol. The number of amides is 1. The number of hydrogen-bond acceptors (Lipinski definition) is 1. The first kappa shape index (κ1) is 20.8.